The number of nitrogens with zero attached hydrogens (tertiary/aromatic N) is 1. The van der Waals surface area contributed by atoms with Crippen LogP contribution >= 0.6 is 12.6 Å². The van der Waals surface area contributed by atoms with Crippen LogP contribution in [0.4, 0.5) is 5.69 Å². The average Bonchev–Trinajstić information content (AvgIpc) is 2.60. The Balaban J connectivity index is 2.19. The molecule has 1 aromatic rings. The number of hydrogen-bond donors (Lipinski definition) is 1. The summed E-state index contributed by atoms with van der Waals surface area (Å²) in [6, 6.07) is 9.44. The number of hydrogen-bond acceptors (Lipinski definition) is 2. The highest BCUT2D eigenvalue weighted by molar-refractivity contribution is 7.80. The van der Waals surface area contributed by atoms with Crippen LogP contribution < -0.4 is 4.90 Å². The van der Waals surface area contributed by atoms with E-state index in [0.29, 0.717) is 17.4 Å². The van der Waals surface area contributed by atoms with Crippen molar-refractivity contribution < 1.29 is 0 Å². The maximum atomic E-state index is 4.55. The fourth-order valence-electron chi connectivity index (χ4n) is 2.75. The SMILES string of the molecule is CC1Cc2ccccc2N1CC(CS)C(C)(C)C. The van der Waals surface area contributed by atoms with Crippen LogP contribution in [-0.4, -0.2) is 18.3 Å². The lowest BCUT2D eigenvalue weighted by atomic mass is 9.81. The number of para-hydroxylation sites is 1. The Morgan fingerprint density at radius 2 is 2.00 bits per heavy atom. The third-order valence-corrected chi connectivity index (χ3v) is 4.65. The molecule has 0 spiro atoms. The molecule has 0 aromatic heterocycles. The second-order valence-corrected chi connectivity index (χ2v) is 6.94. The van der Waals surface area contributed by atoms with Crippen LogP contribution in [0.15, 0.2) is 24.3 Å². The molecule has 1 heterocycles. The van der Waals surface area contributed by atoms with Gasteiger partial charge < -0.3 is 4.90 Å². The van der Waals surface area contributed by atoms with Gasteiger partial charge in [0.15, 0.2) is 0 Å². The predicted molar refractivity (Wildman–Crippen MR) is 83.8 cm³/mol. The van der Waals surface area contributed by atoms with Crippen LogP contribution in [0.25, 0.3) is 0 Å². The van der Waals surface area contributed by atoms with Crippen molar-refractivity contribution in [2.75, 3.05) is 17.2 Å². The Labute approximate surface area is 117 Å². The number of fused-ring (bicyclic) bond motifs is 1. The summed E-state index contributed by atoms with van der Waals surface area (Å²) < 4.78 is 0. The van der Waals surface area contributed by atoms with E-state index >= 15 is 0 Å². The van der Waals surface area contributed by atoms with Crippen LogP contribution in [0, 0.1) is 11.3 Å². The average molecular weight is 263 g/mol. The molecule has 100 valence electrons. The third-order valence-electron chi connectivity index (χ3n) is 4.21. The first-order valence-electron chi connectivity index (χ1n) is 6.89. The van der Waals surface area contributed by atoms with Crippen molar-refractivity contribution in [3.8, 4) is 0 Å². The molecule has 18 heavy (non-hydrogen) atoms. The molecule has 2 atom stereocenters. The second-order valence-electron chi connectivity index (χ2n) is 6.58. The molecule has 2 heteroatoms. The Morgan fingerprint density at radius 3 is 2.61 bits per heavy atom. The highest BCUT2D eigenvalue weighted by atomic mass is 32.1. The summed E-state index contributed by atoms with van der Waals surface area (Å²) in [6.45, 7) is 10.4. The molecule has 0 aliphatic carbocycles. The van der Waals surface area contributed by atoms with Gasteiger partial charge in [0.2, 0.25) is 0 Å². The van der Waals surface area contributed by atoms with Crippen molar-refractivity contribution in [1.82, 2.24) is 0 Å². The van der Waals surface area contributed by atoms with E-state index in [9.17, 15) is 0 Å². The number of benzene rings is 1. The first-order chi connectivity index (χ1) is 8.43. The minimum absolute atomic E-state index is 0.318. The molecular formula is C16H25NS. The van der Waals surface area contributed by atoms with Crippen molar-refractivity contribution in [3.05, 3.63) is 29.8 Å². The molecule has 0 N–H and O–H groups in total. The predicted octanol–water partition coefficient (Wildman–Crippen LogP) is 4.03. The summed E-state index contributed by atoms with van der Waals surface area (Å²) in [5.74, 6) is 1.57. The summed E-state index contributed by atoms with van der Waals surface area (Å²) in [5.41, 5.74) is 3.25. The Hall–Kier alpha value is -0.630. The zero-order valence-electron chi connectivity index (χ0n) is 12.0. The molecule has 0 fully saturated rings. The van der Waals surface area contributed by atoms with E-state index in [1.54, 1.807) is 0 Å². The molecule has 1 aliphatic heterocycles. The lowest BCUT2D eigenvalue weighted by Crippen LogP contribution is -2.39. The van der Waals surface area contributed by atoms with E-state index in [1.165, 1.54) is 17.7 Å². The van der Waals surface area contributed by atoms with Gasteiger partial charge in [-0.05, 0) is 42.1 Å². The topological polar surface area (TPSA) is 3.24 Å². The molecule has 0 amide bonds. The number of rotatable bonds is 3. The largest absolute Gasteiger partial charge is 0.368 e. The van der Waals surface area contributed by atoms with Gasteiger partial charge >= 0.3 is 0 Å². The zero-order valence-corrected chi connectivity index (χ0v) is 12.9. The molecule has 0 saturated heterocycles. The van der Waals surface area contributed by atoms with Gasteiger partial charge in [0, 0.05) is 18.3 Å². The van der Waals surface area contributed by atoms with Crippen LogP contribution in [0.5, 0.6) is 0 Å². The lowest BCUT2D eigenvalue weighted by Gasteiger charge is -2.36. The smallest absolute Gasteiger partial charge is 0.0402 e. The Morgan fingerprint density at radius 1 is 1.33 bits per heavy atom. The molecule has 1 aliphatic rings. The molecule has 0 radical (unpaired) electrons. The first kappa shape index (κ1) is 13.8. The van der Waals surface area contributed by atoms with Gasteiger partial charge in [-0.2, -0.15) is 12.6 Å². The maximum absolute atomic E-state index is 4.55. The molecule has 1 nitrogen and oxygen atoms in total. The van der Waals surface area contributed by atoms with Gasteiger partial charge in [0.1, 0.15) is 0 Å². The summed E-state index contributed by atoms with van der Waals surface area (Å²) in [6.07, 6.45) is 1.18. The van der Waals surface area contributed by atoms with Crippen molar-refractivity contribution in [3.63, 3.8) is 0 Å². The van der Waals surface area contributed by atoms with E-state index in [2.05, 4.69) is 69.5 Å². The van der Waals surface area contributed by atoms with Crippen molar-refractivity contribution in [1.29, 1.82) is 0 Å². The minimum atomic E-state index is 0.318. The monoisotopic (exact) mass is 263 g/mol. The van der Waals surface area contributed by atoms with E-state index in [-0.39, 0.29) is 0 Å². The second kappa shape index (κ2) is 5.16. The molecule has 2 rings (SSSR count). The van der Waals surface area contributed by atoms with Crippen molar-refractivity contribution in [2.24, 2.45) is 11.3 Å². The molecule has 2 unspecified atom stereocenters. The maximum Gasteiger partial charge on any atom is 0.0402 e. The van der Waals surface area contributed by atoms with Crippen LogP contribution in [-0.2, 0) is 6.42 Å². The van der Waals surface area contributed by atoms with E-state index < -0.39 is 0 Å². The Kier molecular flexibility index (Phi) is 3.96. The van der Waals surface area contributed by atoms with Gasteiger partial charge in [-0.15, -0.1) is 0 Å². The van der Waals surface area contributed by atoms with E-state index in [1.807, 2.05) is 0 Å². The van der Waals surface area contributed by atoms with Gasteiger partial charge in [0.05, 0.1) is 0 Å². The molecular weight excluding hydrogens is 238 g/mol. The van der Waals surface area contributed by atoms with Crippen LogP contribution in [0.1, 0.15) is 33.3 Å². The Bertz CT molecular complexity index is 408. The summed E-state index contributed by atoms with van der Waals surface area (Å²) in [7, 11) is 0. The van der Waals surface area contributed by atoms with E-state index in [4.69, 9.17) is 0 Å². The highest BCUT2D eigenvalue weighted by Gasteiger charge is 2.31. The van der Waals surface area contributed by atoms with Crippen molar-refractivity contribution in [2.45, 2.75) is 40.2 Å². The summed E-state index contributed by atoms with van der Waals surface area (Å²) in [4.78, 5) is 2.57. The van der Waals surface area contributed by atoms with Crippen molar-refractivity contribution >= 4 is 18.3 Å². The molecule has 1 aromatic carbocycles. The standard InChI is InChI=1S/C16H25NS/c1-12-9-13-7-5-6-8-15(13)17(12)10-14(11-18)16(2,3)4/h5-8,12,14,18H,9-11H2,1-4H3. The minimum Gasteiger partial charge on any atom is -0.368 e. The van der Waals surface area contributed by atoms with Gasteiger partial charge in [0.25, 0.3) is 0 Å². The van der Waals surface area contributed by atoms with Gasteiger partial charge in [-0.1, -0.05) is 39.0 Å². The quantitative estimate of drug-likeness (QED) is 0.806. The van der Waals surface area contributed by atoms with E-state index in [0.717, 1.165) is 12.3 Å². The third kappa shape index (κ3) is 2.69. The van der Waals surface area contributed by atoms with Gasteiger partial charge in [-0.25, -0.2) is 0 Å². The number of anilines is 1. The lowest BCUT2D eigenvalue weighted by molar-refractivity contribution is 0.267. The normalized spacial score (nSPS) is 20.9. The summed E-state index contributed by atoms with van der Waals surface area (Å²) >= 11 is 4.55. The fraction of sp³-hybridized carbons (Fsp3) is 0.625. The number of thiol groups is 1. The molecule has 0 bridgehead atoms. The fourth-order valence-corrected chi connectivity index (χ4v) is 3.41. The summed E-state index contributed by atoms with van der Waals surface area (Å²) in [5, 5.41) is 0. The first-order valence-corrected chi connectivity index (χ1v) is 7.52. The van der Waals surface area contributed by atoms with Crippen LogP contribution in [0.3, 0.4) is 0 Å². The van der Waals surface area contributed by atoms with Gasteiger partial charge in [-0.3, -0.25) is 0 Å². The van der Waals surface area contributed by atoms with Crippen LogP contribution in [0.2, 0.25) is 0 Å². The highest BCUT2D eigenvalue weighted by Crippen LogP contribution is 2.35. The molecule has 0 saturated carbocycles. The zero-order chi connectivity index (χ0) is 13.3.